The van der Waals surface area contributed by atoms with Crippen molar-refractivity contribution in [2.24, 2.45) is 5.73 Å². The smallest absolute Gasteiger partial charge is 0.336 e. The molecule has 0 aliphatic carbocycles. The van der Waals surface area contributed by atoms with Gasteiger partial charge < -0.3 is 20.7 Å². The third-order valence-corrected chi connectivity index (χ3v) is 5.75. The molecule has 7 heteroatoms. The van der Waals surface area contributed by atoms with Crippen LogP contribution in [-0.4, -0.2) is 40.3 Å². The first kappa shape index (κ1) is 25.6. The van der Waals surface area contributed by atoms with Crippen molar-refractivity contribution in [3.05, 3.63) is 83.4 Å². The van der Waals surface area contributed by atoms with Gasteiger partial charge in [0.05, 0.1) is 17.2 Å². The fourth-order valence-corrected chi connectivity index (χ4v) is 4.07. The SMILES string of the molecule is CCCC(C)OC(=O)[C@@H](N)Cc1ccc(-c2ccccc2C(=O)O)c(-c2ccccc2C(=O)O)c1. The summed E-state index contributed by atoms with van der Waals surface area (Å²) in [5, 5.41) is 19.5. The molecule has 0 heterocycles. The van der Waals surface area contributed by atoms with E-state index in [0.29, 0.717) is 27.8 Å². The zero-order chi connectivity index (χ0) is 25.5. The lowest BCUT2D eigenvalue weighted by molar-refractivity contribution is -0.150. The maximum Gasteiger partial charge on any atom is 0.336 e. The summed E-state index contributed by atoms with van der Waals surface area (Å²) in [5.41, 5.74) is 8.99. The molecule has 0 saturated heterocycles. The number of nitrogens with two attached hydrogens (primary N) is 1. The molecule has 4 N–H and O–H groups in total. The molecule has 0 saturated carbocycles. The summed E-state index contributed by atoms with van der Waals surface area (Å²) in [7, 11) is 0. The van der Waals surface area contributed by atoms with Gasteiger partial charge in [-0.3, -0.25) is 4.79 Å². The van der Waals surface area contributed by atoms with Crippen molar-refractivity contribution in [1.82, 2.24) is 0 Å². The molecule has 2 atom stereocenters. The number of carboxylic acid groups (broad SMARTS) is 2. The maximum absolute atomic E-state index is 12.4. The Morgan fingerprint density at radius 2 is 1.37 bits per heavy atom. The molecule has 7 nitrogen and oxygen atoms in total. The van der Waals surface area contributed by atoms with Gasteiger partial charge in [0.25, 0.3) is 0 Å². The van der Waals surface area contributed by atoms with E-state index in [-0.39, 0.29) is 23.7 Å². The van der Waals surface area contributed by atoms with Crippen molar-refractivity contribution in [2.75, 3.05) is 0 Å². The number of aromatic carboxylic acids is 2. The molecule has 0 radical (unpaired) electrons. The largest absolute Gasteiger partial charge is 0.478 e. The Morgan fingerprint density at radius 1 is 0.829 bits per heavy atom. The molecule has 0 spiro atoms. The molecule has 182 valence electrons. The molecule has 0 bridgehead atoms. The van der Waals surface area contributed by atoms with Crippen LogP contribution in [0.25, 0.3) is 22.3 Å². The Morgan fingerprint density at radius 3 is 1.91 bits per heavy atom. The van der Waals surface area contributed by atoms with Crippen molar-refractivity contribution in [3.8, 4) is 22.3 Å². The van der Waals surface area contributed by atoms with Gasteiger partial charge in [-0.05, 0) is 59.7 Å². The normalized spacial score (nSPS) is 12.5. The first-order valence-electron chi connectivity index (χ1n) is 11.5. The van der Waals surface area contributed by atoms with Crippen LogP contribution in [-0.2, 0) is 16.0 Å². The number of carbonyl (C=O) groups is 3. The van der Waals surface area contributed by atoms with Crippen molar-refractivity contribution < 1.29 is 29.3 Å². The summed E-state index contributed by atoms with van der Waals surface area (Å²) in [5.74, 6) is -2.69. The average molecular weight is 476 g/mol. The van der Waals surface area contributed by atoms with Gasteiger partial charge in [0.2, 0.25) is 0 Å². The Kier molecular flexibility index (Phi) is 8.39. The minimum atomic E-state index is -1.10. The molecule has 0 aliphatic rings. The third-order valence-electron chi connectivity index (χ3n) is 5.75. The summed E-state index contributed by atoms with van der Waals surface area (Å²) in [6.45, 7) is 3.83. The lowest BCUT2D eigenvalue weighted by Gasteiger charge is -2.18. The van der Waals surface area contributed by atoms with Gasteiger partial charge in [-0.15, -0.1) is 0 Å². The summed E-state index contributed by atoms with van der Waals surface area (Å²) in [4.78, 5) is 36.3. The summed E-state index contributed by atoms with van der Waals surface area (Å²) in [6.07, 6.45) is 1.58. The van der Waals surface area contributed by atoms with Crippen LogP contribution in [0, 0.1) is 0 Å². The van der Waals surface area contributed by atoms with Gasteiger partial charge in [0, 0.05) is 0 Å². The van der Waals surface area contributed by atoms with Crippen LogP contribution in [0.15, 0.2) is 66.7 Å². The van der Waals surface area contributed by atoms with Gasteiger partial charge in [0.15, 0.2) is 0 Å². The zero-order valence-electron chi connectivity index (χ0n) is 19.7. The minimum absolute atomic E-state index is 0.0794. The molecule has 0 aliphatic heterocycles. The number of carbonyl (C=O) groups excluding carboxylic acids is 1. The number of esters is 1. The Bertz CT molecular complexity index is 1240. The Balaban J connectivity index is 2.09. The lowest BCUT2D eigenvalue weighted by atomic mass is 9.87. The molecule has 0 amide bonds. The van der Waals surface area contributed by atoms with Crippen LogP contribution in [0.3, 0.4) is 0 Å². The number of hydrogen-bond donors (Lipinski definition) is 3. The van der Waals surface area contributed by atoms with E-state index in [1.54, 1.807) is 54.6 Å². The van der Waals surface area contributed by atoms with Crippen LogP contribution in [0.4, 0.5) is 0 Å². The highest BCUT2D eigenvalue weighted by atomic mass is 16.5. The molecule has 3 rings (SSSR count). The van der Waals surface area contributed by atoms with Gasteiger partial charge in [-0.25, -0.2) is 9.59 Å². The fraction of sp³-hybridized carbons (Fsp3) is 0.250. The molecule has 3 aromatic carbocycles. The van der Waals surface area contributed by atoms with Crippen LogP contribution >= 0.6 is 0 Å². The predicted octanol–water partition coefficient (Wildman–Crippen LogP) is 5.02. The highest BCUT2D eigenvalue weighted by Crippen LogP contribution is 2.37. The van der Waals surface area contributed by atoms with E-state index in [4.69, 9.17) is 10.5 Å². The summed E-state index contributed by atoms with van der Waals surface area (Å²) >= 11 is 0. The Hall–Kier alpha value is -3.97. The summed E-state index contributed by atoms with van der Waals surface area (Å²) < 4.78 is 5.42. The second-order valence-corrected chi connectivity index (χ2v) is 8.43. The molecule has 1 unspecified atom stereocenters. The monoisotopic (exact) mass is 475 g/mol. The molecule has 0 aromatic heterocycles. The highest BCUT2D eigenvalue weighted by molar-refractivity contribution is 6.02. The Labute approximate surface area is 204 Å². The van der Waals surface area contributed by atoms with E-state index in [2.05, 4.69) is 0 Å². The zero-order valence-corrected chi connectivity index (χ0v) is 19.7. The van der Waals surface area contributed by atoms with E-state index < -0.39 is 23.9 Å². The second-order valence-electron chi connectivity index (χ2n) is 8.43. The molecule has 35 heavy (non-hydrogen) atoms. The van der Waals surface area contributed by atoms with Gasteiger partial charge in [-0.2, -0.15) is 0 Å². The van der Waals surface area contributed by atoms with Crippen molar-refractivity contribution in [1.29, 1.82) is 0 Å². The van der Waals surface area contributed by atoms with Crippen LogP contribution in [0.1, 0.15) is 53.0 Å². The van der Waals surface area contributed by atoms with Crippen LogP contribution < -0.4 is 5.73 Å². The van der Waals surface area contributed by atoms with E-state index in [1.165, 1.54) is 12.1 Å². The number of hydrogen-bond acceptors (Lipinski definition) is 5. The average Bonchev–Trinajstić information content (AvgIpc) is 2.84. The first-order valence-corrected chi connectivity index (χ1v) is 11.5. The number of rotatable bonds is 10. The van der Waals surface area contributed by atoms with Crippen LogP contribution in [0.2, 0.25) is 0 Å². The third kappa shape index (κ3) is 6.13. The van der Waals surface area contributed by atoms with E-state index in [1.807, 2.05) is 13.8 Å². The number of carboxylic acids is 2. The van der Waals surface area contributed by atoms with E-state index >= 15 is 0 Å². The minimum Gasteiger partial charge on any atom is -0.478 e. The maximum atomic E-state index is 12.4. The van der Waals surface area contributed by atoms with Crippen molar-refractivity contribution in [3.63, 3.8) is 0 Å². The number of ether oxygens (including phenoxy) is 1. The van der Waals surface area contributed by atoms with Gasteiger partial charge in [0.1, 0.15) is 6.04 Å². The lowest BCUT2D eigenvalue weighted by Crippen LogP contribution is -2.36. The van der Waals surface area contributed by atoms with Crippen LogP contribution in [0.5, 0.6) is 0 Å². The number of benzene rings is 3. The standard InChI is InChI=1S/C28H29NO6/c1-3-8-17(2)35-28(34)25(29)16-18-13-14-21(19-9-4-6-11-22(19)26(30)31)24(15-18)20-10-5-7-12-23(20)27(32)33/h4-7,9-15,17,25H,3,8,16,29H2,1-2H3,(H,30,31)(H,32,33)/t17?,25-/m0/s1. The molecule has 0 fully saturated rings. The second kappa shape index (κ2) is 11.4. The van der Waals surface area contributed by atoms with E-state index in [9.17, 15) is 24.6 Å². The molecular formula is C28H29NO6. The first-order chi connectivity index (χ1) is 16.7. The topological polar surface area (TPSA) is 127 Å². The van der Waals surface area contributed by atoms with E-state index in [0.717, 1.165) is 12.8 Å². The molecule has 3 aromatic rings. The summed E-state index contributed by atoms with van der Waals surface area (Å²) in [6, 6.07) is 17.4. The van der Waals surface area contributed by atoms with Crippen molar-refractivity contribution in [2.45, 2.75) is 45.3 Å². The fourth-order valence-electron chi connectivity index (χ4n) is 4.07. The van der Waals surface area contributed by atoms with Crippen molar-refractivity contribution >= 4 is 17.9 Å². The van der Waals surface area contributed by atoms with Gasteiger partial charge >= 0.3 is 17.9 Å². The molecular weight excluding hydrogens is 446 g/mol. The highest BCUT2D eigenvalue weighted by Gasteiger charge is 2.22. The predicted molar refractivity (Wildman–Crippen MR) is 133 cm³/mol. The quantitative estimate of drug-likeness (QED) is 0.351. The van der Waals surface area contributed by atoms with Gasteiger partial charge in [-0.1, -0.05) is 67.9 Å².